The third-order valence-corrected chi connectivity index (χ3v) is 3.04. The number of carbonyl (C=O) groups is 2. The average molecular weight is 274 g/mol. The molecule has 2 rings (SSSR count). The molecule has 20 heavy (non-hydrogen) atoms. The minimum atomic E-state index is -0.564. The van der Waals surface area contributed by atoms with Gasteiger partial charge in [-0.3, -0.25) is 14.7 Å². The summed E-state index contributed by atoms with van der Waals surface area (Å²) >= 11 is 0. The molecule has 6 heteroatoms. The molecule has 0 saturated carbocycles. The molecule has 0 fully saturated rings. The fraction of sp³-hybridized carbons (Fsp3) is 0.357. The number of aromatic nitrogens is 2. The van der Waals surface area contributed by atoms with E-state index in [1.807, 2.05) is 26.0 Å². The average Bonchev–Trinajstić information content (AvgIpc) is 2.84. The van der Waals surface area contributed by atoms with Crippen molar-refractivity contribution in [2.75, 3.05) is 5.32 Å². The second-order valence-electron chi connectivity index (χ2n) is 5.05. The van der Waals surface area contributed by atoms with E-state index in [0.717, 1.165) is 10.9 Å². The van der Waals surface area contributed by atoms with Crippen molar-refractivity contribution in [3.63, 3.8) is 0 Å². The molecule has 1 aromatic carbocycles. The van der Waals surface area contributed by atoms with Crippen LogP contribution < -0.4 is 10.6 Å². The smallest absolute Gasteiger partial charge is 0.247 e. The fourth-order valence-corrected chi connectivity index (χ4v) is 2.04. The number of rotatable bonds is 4. The number of para-hydroxylation sites is 1. The number of nitrogens with zero attached hydrogens (tertiary/aromatic N) is 1. The summed E-state index contributed by atoms with van der Waals surface area (Å²) in [6.45, 7) is 5.17. The molecule has 0 bridgehead atoms. The molecular formula is C14H18N4O2. The van der Waals surface area contributed by atoms with Gasteiger partial charge in [-0.15, -0.1) is 0 Å². The maximum atomic E-state index is 12.3. The first-order chi connectivity index (χ1) is 9.49. The third kappa shape index (κ3) is 2.96. The van der Waals surface area contributed by atoms with Crippen molar-refractivity contribution in [3.05, 3.63) is 24.4 Å². The minimum Gasteiger partial charge on any atom is -0.344 e. The van der Waals surface area contributed by atoms with Gasteiger partial charge in [0, 0.05) is 12.3 Å². The van der Waals surface area contributed by atoms with Crippen LogP contribution in [0, 0.1) is 5.92 Å². The van der Waals surface area contributed by atoms with Crippen LogP contribution in [0.1, 0.15) is 20.8 Å². The first-order valence-electron chi connectivity index (χ1n) is 6.49. The van der Waals surface area contributed by atoms with Crippen LogP contribution in [0.4, 0.5) is 5.69 Å². The van der Waals surface area contributed by atoms with E-state index in [1.54, 1.807) is 12.3 Å². The summed E-state index contributed by atoms with van der Waals surface area (Å²) in [5.74, 6) is -0.462. The fourth-order valence-electron chi connectivity index (χ4n) is 2.04. The van der Waals surface area contributed by atoms with Crippen molar-refractivity contribution in [3.8, 4) is 0 Å². The lowest BCUT2D eigenvalue weighted by Gasteiger charge is -2.21. The van der Waals surface area contributed by atoms with Crippen LogP contribution in [0.25, 0.3) is 10.9 Å². The second kappa shape index (κ2) is 5.73. The van der Waals surface area contributed by atoms with Crippen LogP contribution in [-0.4, -0.2) is 28.1 Å². The monoisotopic (exact) mass is 274 g/mol. The molecule has 0 radical (unpaired) electrons. The summed E-state index contributed by atoms with van der Waals surface area (Å²) in [5, 5.41) is 13.2. The molecule has 3 N–H and O–H groups in total. The van der Waals surface area contributed by atoms with Gasteiger partial charge in [0.15, 0.2) is 0 Å². The Morgan fingerprint density at radius 1 is 1.30 bits per heavy atom. The lowest BCUT2D eigenvalue weighted by Crippen LogP contribution is -2.46. The lowest BCUT2D eigenvalue weighted by molar-refractivity contribution is -0.126. The number of nitrogens with one attached hydrogen (secondary N) is 3. The standard InChI is InChI=1S/C14H18N4O2/c1-8(2)12(16-9(3)19)14(20)17-11-6-4-5-10-7-15-18-13(10)11/h4-8,12H,1-3H3,(H,15,18)(H,16,19)(H,17,20)/t12-/m1/s1. The molecular weight excluding hydrogens is 256 g/mol. The maximum absolute atomic E-state index is 12.3. The molecule has 6 nitrogen and oxygen atoms in total. The Labute approximate surface area is 116 Å². The van der Waals surface area contributed by atoms with Gasteiger partial charge in [-0.05, 0) is 12.0 Å². The summed E-state index contributed by atoms with van der Waals surface area (Å²) in [5.41, 5.74) is 1.42. The van der Waals surface area contributed by atoms with E-state index >= 15 is 0 Å². The van der Waals surface area contributed by atoms with Crippen molar-refractivity contribution < 1.29 is 9.59 Å². The lowest BCUT2D eigenvalue weighted by atomic mass is 10.0. The van der Waals surface area contributed by atoms with Crippen LogP contribution in [0.15, 0.2) is 24.4 Å². The van der Waals surface area contributed by atoms with E-state index < -0.39 is 6.04 Å². The number of fused-ring (bicyclic) bond motifs is 1. The van der Waals surface area contributed by atoms with E-state index in [0.29, 0.717) is 5.69 Å². The highest BCUT2D eigenvalue weighted by Crippen LogP contribution is 2.21. The summed E-state index contributed by atoms with van der Waals surface area (Å²) in [6.07, 6.45) is 1.69. The molecule has 2 aromatic rings. The Morgan fingerprint density at radius 2 is 2.05 bits per heavy atom. The molecule has 0 aliphatic carbocycles. The Bertz CT molecular complexity index is 633. The van der Waals surface area contributed by atoms with Crippen molar-refractivity contribution >= 4 is 28.4 Å². The molecule has 1 aromatic heterocycles. The maximum Gasteiger partial charge on any atom is 0.247 e. The molecule has 2 amide bonds. The molecule has 0 spiro atoms. The first kappa shape index (κ1) is 14.0. The first-order valence-corrected chi connectivity index (χ1v) is 6.49. The molecule has 0 aliphatic rings. The van der Waals surface area contributed by atoms with Gasteiger partial charge in [0.2, 0.25) is 11.8 Å². The SMILES string of the molecule is CC(=O)N[C@@H](C(=O)Nc1cccc2cn[nH]c12)C(C)C. The van der Waals surface area contributed by atoms with Crippen LogP contribution in [0.5, 0.6) is 0 Å². The molecule has 1 atom stereocenters. The van der Waals surface area contributed by atoms with E-state index in [4.69, 9.17) is 0 Å². The van der Waals surface area contributed by atoms with Crippen molar-refractivity contribution in [1.82, 2.24) is 15.5 Å². The van der Waals surface area contributed by atoms with Gasteiger partial charge >= 0.3 is 0 Å². The zero-order valence-corrected chi connectivity index (χ0v) is 11.7. The number of H-pyrrole nitrogens is 1. The van der Waals surface area contributed by atoms with Gasteiger partial charge in [-0.1, -0.05) is 26.0 Å². The molecule has 0 aliphatic heterocycles. The van der Waals surface area contributed by atoms with Crippen molar-refractivity contribution in [2.45, 2.75) is 26.8 Å². The zero-order valence-electron chi connectivity index (χ0n) is 11.7. The number of anilines is 1. The van der Waals surface area contributed by atoms with Crippen molar-refractivity contribution in [2.24, 2.45) is 5.92 Å². The molecule has 106 valence electrons. The molecule has 0 unspecified atom stereocenters. The van der Waals surface area contributed by atoms with Gasteiger partial charge in [0.05, 0.1) is 17.4 Å². The third-order valence-electron chi connectivity index (χ3n) is 3.04. The second-order valence-corrected chi connectivity index (χ2v) is 5.05. The highest BCUT2D eigenvalue weighted by Gasteiger charge is 2.23. The van der Waals surface area contributed by atoms with Crippen LogP contribution >= 0.6 is 0 Å². The van der Waals surface area contributed by atoms with Gasteiger partial charge in [-0.2, -0.15) is 5.10 Å². The zero-order chi connectivity index (χ0) is 14.7. The van der Waals surface area contributed by atoms with Gasteiger partial charge in [-0.25, -0.2) is 0 Å². The predicted octanol–water partition coefficient (Wildman–Crippen LogP) is 1.66. The molecule has 1 heterocycles. The van der Waals surface area contributed by atoms with Crippen LogP contribution in [0.3, 0.4) is 0 Å². The Hall–Kier alpha value is -2.37. The van der Waals surface area contributed by atoms with E-state index in [1.165, 1.54) is 6.92 Å². The van der Waals surface area contributed by atoms with Gasteiger partial charge < -0.3 is 10.6 Å². The number of amides is 2. The number of hydrogen-bond donors (Lipinski definition) is 3. The predicted molar refractivity (Wildman–Crippen MR) is 77.2 cm³/mol. The van der Waals surface area contributed by atoms with Gasteiger partial charge in [0.1, 0.15) is 6.04 Å². The summed E-state index contributed by atoms with van der Waals surface area (Å²) in [7, 11) is 0. The van der Waals surface area contributed by atoms with Crippen LogP contribution in [0.2, 0.25) is 0 Å². The Kier molecular flexibility index (Phi) is 4.02. The summed E-state index contributed by atoms with van der Waals surface area (Å²) in [4.78, 5) is 23.5. The minimum absolute atomic E-state index is 0.000120. The molecule has 0 saturated heterocycles. The number of aromatic amines is 1. The number of carbonyl (C=O) groups excluding carboxylic acids is 2. The summed E-state index contributed by atoms with van der Waals surface area (Å²) < 4.78 is 0. The van der Waals surface area contributed by atoms with Crippen molar-refractivity contribution in [1.29, 1.82) is 0 Å². The Balaban J connectivity index is 2.21. The number of benzene rings is 1. The highest BCUT2D eigenvalue weighted by molar-refractivity contribution is 6.03. The number of hydrogen-bond acceptors (Lipinski definition) is 3. The van der Waals surface area contributed by atoms with Gasteiger partial charge in [0.25, 0.3) is 0 Å². The Morgan fingerprint density at radius 3 is 2.70 bits per heavy atom. The van der Waals surface area contributed by atoms with Crippen LogP contribution in [-0.2, 0) is 9.59 Å². The largest absolute Gasteiger partial charge is 0.344 e. The van der Waals surface area contributed by atoms with E-state index in [9.17, 15) is 9.59 Å². The van der Waals surface area contributed by atoms with E-state index in [-0.39, 0.29) is 17.7 Å². The highest BCUT2D eigenvalue weighted by atomic mass is 16.2. The topological polar surface area (TPSA) is 86.9 Å². The normalized spacial score (nSPS) is 12.4. The van der Waals surface area contributed by atoms with E-state index in [2.05, 4.69) is 20.8 Å². The summed E-state index contributed by atoms with van der Waals surface area (Å²) in [6, 6.07) is 4.98. The quantitative estimate of drug-likeness (QED) is 0.792.